The molecular weight excluding hydrogens is 210 g/mol. The fraction of sp³-hybridized carbons (Fsp3) is 0.0909. The minimum Gasteiger partial charge on any atom is -0.476 e. The lowest BCUT2D eigenvalue weighted by Crippen LogP contribution is -1.94. The maximum atomic E-state index is 10.6. The zero-order valence-corrected chi connectivity index (χ0v) is 8.91. The van der Waals surface area contributed by atoms with E-state index in [1.807, 2.05) is 31.2 Å². The Balaban J connectivity index is 2.37. The minimum absolute atomic E-state index is 0.130. The molecule has 0 saturated carbocycles. The normalized spacial score (nSPS) is 10.2. The van der Waals surface area contributed by atoms with Crippen LogP contribution in [0, 0.1) is 6.92 Å². The third-order valence-corrected chi connectivity index (χ3v) is 2.86. The number of carboxylic acid groups (broad SMARTS) is 1. The Morgan fingerprint density at radius 2 is 2.00 bits per heavy atom. The molecule has 1 heterocycles. The van der Waals surface area contributed by atoms with Crippen molar-refractivity contribution in [3.63, 3.8) is 0 Å². The molecule has 3 nitrogen and oxygen atoms in total. The zero-order chi connectivity index (χ0) is 10.8. The molecular formula is C11H9NO2S. The summed E-state index contributed by atoms with van der Waals surface area (Å²) in [6.07, 6.45) is 0. The van der Waals surface area contributed by atoms with Crippen LogP contribution >= 0.6 is 11.3 Å². The van der Waals surface area contributed by atoms with Crippen molar-refractivity contribution in [3.05, 3.63) is 40.2 Å². The van der Waals surface area contributed by atoms with Crippen molar-refractivity contribution in [2.75, 3.05) is 0 Å². The lowest BCUT2D eigenvalue weighted by molar-refractivity contribution is 0.0696. The molecule has 0 fully saturated rings. The third-order valence-electron chi connectivity index (χ3n) is 2.03. The number of benzene rings is 1. The molecule has 0 aliphatic rings. The van der Waals surface area contributed by atoms with Gasteiger partial charge in [-0.25, -0.2) is 9.78 Å². The second-order valence-electron chi connectivity index (χ2n) is 3.21. The van der Waals surface area contributed by atoms with Crippen LogP contribution in [0.4, 0.5) is 0 Å². The second kappa shape index (κ2) is 3.82. The van der Waals surface area contributed by atoms with Crippen LogP contribution < -0.4 is 0 Å². The van der Waals surface area contributed by atoms with Crippen LogP contribution in [-0.2, 0) is 0 Å². The fourth-order valence-corrected chi connectivity index (χ4v) is 1.89. The molecule has 0 bridgehead atoms. The predicted molar refractivity (Wildman–Crippen MR) is 59.2 cm³/mol. The average molecular weight is 219 g/mol. The summed E-state index contributed by atoms with van der Waals surface area (Å²) in [7, 11) is 0. The van der Waals surface area contributed by atoms with E-state index in [9.17, 15) is 4.79 Å². The molecule has 0 unspecified atom stereocenters. The molecule has 76 valence electrons. The first-order valence-electron chi connectivity index (χ1n) is 4.42. The molecule has 0 aliphatic carbocycles. The second-order valence-corrected chi connectivity index (χ2v) is 4.07. The SMILES string of the molecule is Cc1ccc(-c2csc(C(=O)O)n2)cc1. The number of aromatic nitrogens is 1. The first-order chi connectivity index (χ1) is 7.16. The van der Waals surface area contributed by atoms with Crippen molar-refractivity contribution in [2.45, 2.75) is 6.92 Å². The summed E-state index contributed by atoms with van der Waals surface area (Å²) in [5.41, 5.74) is 2.84. The van der Waals surface area contributed by atoms with Gasteiger partial charge in [-0.2, -0.15) is 0 Å². The molecule has 1 N–H and O–H groups in total. The van der Waals surface area contributed by atoms with Gasteiger partial charge in [0.2, 0.25) is 5.01 Å². The van der Waals surface area contributed by atoms with Crippen LogP contribution in [0.1, 0.15) is 15.4 Å². The summed E-state index contributed by atoms with van der Waals surface area (Å²) in [5.74, 6) is -0.974. The highest BCUT2D eigenvalue weighted by molar-refractivity contribution is 7.11. The molecule has 0 aliphatic heterocycles. The van der Waals surface area contributed by atoms with Crippen LogP contribution in [-0.4, -0.2) is 16.1 Å². The van der Waals surface area contributed by atoms with Gasteiger partial charge in [0.05, 0.1) is 5.69 Å². The summed E-state index contributed by atoms with van der Waals surface area (Å²) in [6, 6.07) is 7.84. The third kappa shape index (κ3) is 2.05. The van der Waals surface area contributed by atoms with Crippen molar-refractivity contribution >= 4 is 17.3 Å². The van der Waals surface area contributed by atoms with E-state index in [0.717, 1.165) is 22.6 Å². The largest absolute Gasteiger partial charge is 0.476 e. The van der Waals surface area contributed by atoms with Gasteiger partial charge in [-0.3, -0.25) is 0 Å². The summed E-state index contributed by atoms with van der Waals surface area (Å²) < 4.78 is 0. The molecule has 0 saturated heterocycles. The highest BCUT2D eigenvalue weighted by atomic mass is 32.1. The molecule has 2 aromatic rings. The van der Waals surface area contributed by atoms with Gasteiger partial charge in [-0.15, -0.1) is 11.3 Å². The molecule has 0 amide bonds. The van der Waals surface area contributed by atoms with Gasteiger partial charge in [0, 0.05) is 10.9 Å². The minimum atomic E-state index is -0.974. The number of aryl methyl sites for hydroxylation is 1. The van der Waals surface area contributed by atoms with Gasteiger partial charge < -0.3 is 5.11 Å². The molecule has 0 radical (unpaired) electrons. The first-order valence-corrected chi connectivity index (χ1v) is 5.30. The fourth-order valence-electron chi connectivity index (χ4n) is 1.23. The molecule has 15 heavy (non-hydrogen) atoms. The molecule has 1 aromatic heterocycles. The lowest BCUT2D eigenvalue weighted by Gasteiger charge is -1.96. The number of thiazole rings is 1. The summed E-state index contributed by atoms with van der Waals surface area (Å²) in [6.45, 7) is 2.01. The van der Waals surface area contributed by atoms with E-state index in [1.54, 1.807) is 5.38 Å². The van der Waals surface area contributed by atoms with Gasteiger partial charge in [-0.1, -0.05) is 29.8 Å². The van der Waals surface area contributed by atoms with Gasteiger partial charge in [0.1, 0.15) is 0 Å². The smallest absolute Gasteiger partial charge is 0.365 e. The van der Waals surface area contributed by atoms with E-state index in [0.29, 0.717) is 0 Å². The Morgan fingerprint density at radius 1 is 1.33 bits per heavy atom. The maximum absolute atomic E-state index is 10.6. The first kappa shape index (κ1) is 9.86. The van der Waals surface area contributed by atoms with Crippen LogP contribution in [0.25, 0.3) is 11.3 Å². The van der Waals surface area contributed by atoms with Crippen molar-refractivity contribution in [1.29, 1.82) is 0 Å². The maximum Gasteiger partial charge on any atom is 0.365 e. The molecule has 0 spiro atoms. The van der Waals surface area contributed by atoms with Crippen molar-refractivity contribution in [3.8, 4) is 11.3 Å². The number of rotatable bonds is 2. The molecule has 2 rings (SSSR count). The lowest BCUT2D eigenvalue weighted by atomic mass is 10.1. The van der Waals surface area contributed by atoms with Crippen LogP contribution in [0.15, 0.2) is 29.6 Å². The number of carboxylic acids is 1. The summed E-state index contributed by atoms with van der Waals surface area (Å²) >= 11 is 1.15. The van der Waals surface area contributed by atoms with Gasteiger partial charge in [0.15, 0.2) is 0 Å². The monoisotopic (exact) mass is 219 g/mol. The topological polar surface area (TPSA) is 50.2 Å². The summed E-state index contributed by atoms with van der Waals surface area (Å²) in [4.78, 5) is 14.7. The van der Waals surface area contributed by atoms with Gasteiger partial charge in [-0.05, 0) is 6.92 Å². The summed E-state index contributed by atoms with van der Waals surface area (Å²) in [5, 5.41) is 10.6. The zero-order valence-electron chi connectivity index (χ0n) is 8.10. The molecule has 1 aromatic carbocycles. The van der Waals surface area contributed by atoms with E-state index in [2.05, 4.69) is 4.98 Å². The Hall–Kier alpha value is -1.68. The van der Waals surface area contributed by atoms with E-state index in [4.69, 9.17) is 5.11 Å². The van der Waals surface area contributed by atoms with Crippen LogP contribution in [0.3, 0.4) is 0 Å². The Morgan fingerprint density at radius 3 is 2.53 bits per heavy atom. The quantitative estimate of drug-likeness (QED) is 0.844. The number of hydrogen-bond donors (Lipinski definition) is 1. The van der Waals surface area contributed by atoms with E-state index < -0.39 is 5.97 Å². The Bertz CT molecular complexity index is 488. The highest BCUT2D eigenvalue weighted by Crippen LogP contribution is 2.22. The molecule has 4 heteroatoms. The van der Waals surface area contributed by atoms with E-state index in [1.165, 1.54) is 5.56 Å². The van der Waals surface area contributed by atoms with Crippen molar-refractivity contribution < 1.29 is 9.90 Å². The van der Waals surface area contributed by atoms with Crippen molar-refractivity contribution in [2.24, 2.45) is 0 Å². The van der Waals surface area contributed by atoms with E-state index in [-0.39, 0.29) is 5.01 Å². The van der Waals surface area contributed by atoms with Gasteiger partial charge >= 0.3 is 5.97 Å². The number of nitrogens with zero attached hydrogens (tertiary/aromatic N) is 1. The number of aromatic carboxylic acids is 1. The average Bonchev–Trinajstić information content (AvgIpc) is 2.68. The Labute approximate surface area is 91.0 Å². The standard InChI is InChI=1S/C11H9NO2S/c1-7-2-4-8(5-3-7)9-6-15-10(12-9)11(13)14/h2-6H,1H3,(H,13,14). The number of carbonyl (C=O) groups is 1. The van der Waals surface area contributed by atoms with E-state index >= 15 is 0 Å². The van der Waals surface area contributed by atoms with Crippen LogP contribution in [0.5, 0.6) is 0 Å². The highest BCUT2D eigenvalue weighted by Gasteiger charge is 2.09. The van der Waals surface area contributed by atoms with Crippen LogP contribution in [0.2, 0.25) is 0 Å². The Kier molecular flexibility index (Phi) is 2.51. The predicted octanol–water partition coefficient (Wildman–Crippen LogP) is 2.82. The number of hydrogen-bond acceptors (Lipinski definition) is 3. The molecule has 0 atom stereocenters. The van der Waals surface area contributed by atoms with Gasteiger partial charge in [0.25, 0.3) is 0 Å². The van der Waals surface area contributed by atoms with Crippen molar-refractivity contribution in [1.82, 2.24) is 4.98 Å².